The van der Waals surface area contributed by atoms with Gasteiger partial charge in [0.25, 0.3) is 0 Å². The summed E-state index contributed by atoms with van der Waals surface area (Å²) in [6, 6.07) is 3.95. The van der Waals surface area contributed by atoms with Crippen LogP contribution in [0.5, 0.6) is 0 Å². The van der Waals surface area contributed by atoms with Crippen molar-refractivity contribution >= 4 is 12.2 Å². The van der Waals surface area contributed by atoms with E-state index in [-0.39, 0.29) is 0 Å². The summed E-state index contributed by atoms with van der Waals surface area (Å²) in [5, 5.41) is 6.94. The minimum atomic E-state index is 0.609. The summed E-state index contributed by atoms with van der Waals surface area (Å²) >= 11 is 5.17. The summed E-state index contributed by atoms with van der Waals surface area (Å²) in [4.78, 5) is 4.24. The van der Waals surface area contributed by atoms with Gasteiger partial charge in [-0.05, 0) is 31.3 Å². The van der Waals surface area contributed by atoms with Crippen LogP contribution in [0, 0.1) is 11.7 Å². The molecule has 2 heterocycles. The SMILES string of the molecule is CCc1n[nH]c(=S)n1-c1ccc(C)nc1. The summed E-state index contributed by atoms with van der Waals surface area (Å²) in [6.45, 7) is 4.00. The molecule has 0 fully saturated rings. The van der Waals surface area contributed by atoms with Crippen LogP contribution in [0.1, 0.15) is 18.4 Å². The van der Waals surface area contributed by atoms with E-state index in [1.165, 1.54) is 0 Å². The molecular formula is C10H12N4S. The van der Waals surface area contributed by atoms with Gasteiger partial charge in [0, 0.05) is 12.1 Å². The first-order valence-electron chi connectivity index (χ1n) is 4.81. The van der Waals surface area contributed by atoms with E-state index in [1.807, 2.05) is 30.5 Å². The number of rotatable bonds is 2. The van der Waals surface area contributed by atoms with Gasteiger partial charge in [-0.1, -0.05) is 6.92 Å². The van der Waals surface area contributed by atoms with Crippen LogP contribution in [0.2, 0.25) is 0 Å². The second kappa shape index (κ2) is 3.94. The fraction of sp³-hybridized carbons (Fsp3) is 0.300. The third-order valence-electron chi connectivity index (χ3n) is 2.21. The standard InChI is InChI=1S/C10H12N4S/c1-3-9-12-13-10(15)14(9)8-5-4-7(2)11-6-8/h4-6H,3H2,1-2H3,(H,13,15). The molecule has 0 aliphatic rings. The van der Waals surface area contributed by atoms with Crippen LogP contribution >= 0.6 is 12.2 Å². The fourth-order valence-electron chi connectivity index (χ4n) is 1.43. The molecule has 0 aliphatic heterocycles. The van der Waals surface area contributed by atoms with Crippen molar-refractivity contribution in [3.63, 3.8) is 0 Å². The number of nitrogens with zero attached hydrogens (tertiary/aromatic N) is 3. The molecule has 0 aliphatic carbocycles. The number of aryl methyl sites for hydroxylation is 2. The highest BCUT2D eigenvalue weighted by molar-refractivity contribution is 7.71. The topological polar surface area (TPSA) is 46.5 Å². The third kappa shape index (κ3) is 1.83. The Hall–Kier alpha value is -1.49. The normalized spacial score (nSPS) is 10.5. The van der Waals surface area contributed by atoms with Crippen LogP contribution in [-0.4, -0.2) is 19.7 Å². The Morgan fingerprint density at radius 1 is 1.47 bits per heavy atom. The largest absolute Gasteiger partial charge is 0.271 e. The second-order valence-corrected chi connectivity index (χ2v) is 3.68. The molecule has 0 unspecified atom stereocenters. The van der Waals surface area contributed by atoms with Crippen molar-refractivity contribution in [1.82, 2.24) is 19.7 Å². The van der Waals surface area contributed by atoms with E-state index >= 15 is 0 Å². The Morgan fingerprint density at radius 3 is 2.87 bits per heavy atom. The molecule has 4 nitrogen and oxygen atoms in total. The number of nitrogens with one attached hydrogen (secondary N) is 1. The van der Waals surface area contributed by atoms with Crippen molar-refractivity contribution in [1.29, 1.82) is 0 Å². The number of H-pyrrole nitrogens is 1. The lowest BCUT2D eigenvalue weighted by atomic mass is 10.3. The van der Waals surface area contributed by atoms with Crippen LogP contribution in [0.4, 0.5) is 0 Å². The number of aromatic amines is 1. The zero-order valence-electron chi connectivity index (χ0n) is 8.69. The number of pyridine rings is 1. The molecule has 0 radical (unpaired) electrons. The van der Waals surface area contributed by atoms with E-state index in [0.29, 0.717) is 4.77 Å². The van der Waals surface area contributed by atoms with Gasteiger partial charge in [-0.25, -0.2) is 0 Å². The molecule has 78 valence electrons. The first-order chi connectivity index (χ1) is 7.22. The molecular weight excluding hydrogens is 208 g/mol. The van der Waals surface area contributed by atoms with Gasteiger partial charge < -0.3 is 0 Å². The lowest BCUT2D eigenvalue weighted by Crippen LogP contribution is -2.00. The average molecular weight is 220 g/mol. The quantitative estimate of drug-likeness (QED) is 0.789. The van der Waals surface area contributed by atoms with Crippen LogP contribution in [0.25, 0.3) is 5.69 Å². The minimum Gasteiger partial charge on any atom is -0.271 e. The van der Waals surface area contributed by atoms with Crippen LogP contribution in [0.15, 0.2) is 18.3 Å². The molecule has 1 N–H and O–H groups in total. The lowest BCUT2D eigenvalue weighted by molar-refractivity contribution is 0.875. The number of hydrogen-bond donors (Lipinski definition) is 1. The van der Waals surface area contributed by atoms with Crippen molar-refractivity contribution < 1.29 is 0 Å². The Kier molecular flexibility index (Phi) is 2.64. The van der Waals surface area contributed by atoms with Gasteiger partial charge in [0.05, 0.1) is 11.9 Å². The highest BCUT2D eigenvalue weighted by Crippen LogP contribution is 2.10. The molecule has 0 bridgehead atoms. The predicted molar refractivity (Wildman–Crippen MR) is 60.7 cm³/mol. The van der Waals surface area contributed by atoms with E-state index in [1.54, 1.807) is 6.20 Å². The van der Waals surface area contributed by atoms with Gasteiger partial charge in [-0.2, -0.15) is 5.10 Å². The zero-order valence-corrected chi connectivity index (χ0v) is 9.51. The van der Waals surface area contributed by atoms with Gasteiger partial charge in [0.1, 0.15) is 5.82 Å². The van der Waals surface area contributed by atoms with Crippen LogP contribution in [-0.2, 0) is 6.42 Å². The van der Waals surface area contributed by atoms with Crippen molar-refractivity contribution in [2.75, 3.05) is 0 Å². The Bertz CT molecular complexity index is 509. The molecule has 5 heteroatoms. The predicted octanol–water partition coefficient (Wildman–Crippen LogP) is 2.20. The lowest BCUT2D eigenvalue weighted by Gasteiger charge is -2.04. The van der Waals surface area contributed by atoms with E-state index in [0.717, 1.165) is 23.6 Å². The van der Waals surface area contributed by atoms with Gasteiger partial charge in [-0.3, -0.25) is 14.6 Å². The van der Waals surface area contributed by atoms with Crippen LogP contribution in [0.3, 0.4) is 0 Å². The van der Waals surface area contributed by atoms with E-state index in [4.69, 9.17) is 12.2 Å². The summed E-state index contributed by atoms with van der Waals surface area (Å²) in [6.07, 6.45) is 2.64. The Balaban J connectivity index is 2.57. The third-order valence-corrected chi connectivity index (χ3v) is 2.49. The van der Waals surface area contributed by atoms with Gasteiger partial charge in [0.2, 0.25) is 0 Å². The molecule has 2 aromatic heterocycles. The van der Waals surface area contributed by atoms with E-state index in [9.17, 15) is 0 Å². The minimum absolute atomic E-state index is 0.609. The molecule has 0 spiro atoms. The first-order valence-corrected chi connectivity index (χ1v) is 5.22. The Labute approximate surface area is 93.0 Å². The maximum Gasteiger partial charge on any atom is 0.199 e. The average Bonchev–Trinajstić information content (AvgIpc) is 2.61. The second-order valence-electron chi connectivity index (χ2n) is 3.29. The maximum atomic E-state index is 5.17. The molecule has 0 atom stereocenters. The summed E-state index contributed by atoms with van der Waals surface area (Å²) in [5.41, 5.74) is 1.95. The molecule has 0 saturated heterocycles. The van der Waals surface area contributed by atoms with Crippen molar-refractivity contribution in [3.05, 3.63) is 34.6 Å². The highest BCUT2D eigenvalue weighted by atomic mass is 32.1. The molecule has 0 saturated carbocycles. The monoisotopic (exact) mass is 220 g/mol. The summed E-state index contributed by atoms with van der Waals surface area (Å²) < 4.78 is 2.51. The molecule has 0 amide bonds. The zero-order chi connectivity index (χ0) is 10.8. The summed E-state index contributed by atoms with van der Waals surface area (Å²) in [5.74, 6) is 0.922. The van der Waals surface area contributed by atoms with Gasteiger partial charge in [0.15, 0.2) is 4.77 Å². The number of hydrogen-bond acceptors (Lipinski definition) is 3. The van der Waals surface area contributed by atoms with Crippen LogP contribution < -0.4 is 0 Å². The van der Waals surface area contributed by atoms with Crippen molar-refractivity contribution in [2.45, 2.75) is 20.3 Å². The van der Waals surface area contributed by atoms with E-state index in [2.05, 4.69) is 15.2 Å². The smallest absolute Gasteiger partial charge is 0.199 e. The Morgan fingerprint density at radius 2 is 2.27 bits per heavy atom. The molecule has 2 rings (SSSR count). The van der Waals surface area contributed by atoms with Gasteiger partial charge >= 0.3 is 0 Å². The fourth-order valence-corrected chi connectivity index (χ4v) is 1.68. The maximum absolute atomic E-state index is 5.17. The van der Waals surface area contributed by atoms with Gasteiger partial charge in [-0.15, -0.1) is 0 Å². The highest BCUT2D eigenvalue weighted by Gasteiger charge is 2.05. The van der Waals surface area contributed by atoms with E-state index < -0.39 is 0 Å². The molecule has 2 aromatic rings. The summed E-state index contributed by atoms with van der Waals surface area (Å²) in [7, 11) is 0. The van der Waals surface area contributed by atoms with Crippen molar-refractivity contribution in [2.24, 2.45) is 0 Å². The first kappa shape index (κ1) is 10.0. The van der Waals surface area contributed by atoms with Crippen molar-refractivity contribution in [3.8, 4) is 5.69 Å². The molecule has 0 aromatic carbocycles. The molecule has 15 heavy (non-hydrogen) atoms. The number of aromatic nitrogens is 4.